The molecule has 0 aliphatic rings. The molecule has 0 saturated carbocycles. The minimum atomic E-state index is 0.668. The molecule has 0 unspecified atom stereocenters. The molecule has 3 heterocycles. The lowest BCUT2D eigenvalue weighted by atomic mass is 10.4. The first-order valence-corrected chi connectivity index (χ1v) is 4.96. The van der Waals surface area contributed by atoms with E-state index in [1.165, 1.54) is 0 Å². The van der Waals surface area contributed by atoms with Crippen LogP contribution in [0.5, 0.6) is 0 Å². The summed E-state index contributed by atoms with van der Waals surface area (Å²) in [6.45, 7) is 0.668. The maximum absolute atomic E-state index is 5.30. The molecule has 3 rings (SSSR count). The van der Waals surface area contributed by atoms with Crippen LogP contribution < -0.4 is 0 Å². The Morgan fingerprint density at radius 3 is 3.19 bits per heavy atom. The molecule has 0 aromatic carbocycles. The van der Waals surface area contributed by atoms with Gasteiger partial charge in [-0.1, -0.05) is 0 Å². The van der Waals surface area contributed by atoms with E-state index in [9.17, 15) is 0 Å². The van der Waals surface area contributed by atoms with Crippen molar-refractivity contribution in [3.63, 3.8) is 0 Å². The number of aromatic nitrogens is 4. The Balaban J connectivity index is 1.94. The van der Waals surface area contributed by atoms with Crippen molar-refractivity contribution in [1.29, 1.82) is 0 Å². The Morgan fingerprint density at radius 2 is 2.44 bits per heavy atom. The van der Waals surface area contributed by atoms with E-state index in [0.717, 1.165) is 17.3 Å². The van der Waals surface area contributed by atoms with Crippen LogP contribution in [0.4, 0.5) is 0 Å². The van der Waals surface area contributed by atoms with Crippen LogP contribution in [0.3, 0.4) is 0 Å². The van der Waals surface area contributed by atoms with Crippen LogP contribution in [0.15, 0.2) is 47.7 Å². The van der Waals surface area contributed by atoms with E-state index in [2.05, 4.69) is 15.0 Å². The van der Waals surface area contributed by atoms with Gasteiger partial charge in [0.05, 0.1) is 25.3 Å². The van der Waals surface area contributed by atoms with Gasteiger partial charge in [0, 0.05) is 12.4 Å². The maximum atomic E-state index is 5.30. The first-order chi connectivity index (χ1) is 7.93. The highest BCUT2D eigenvalue weighted by atomic mass is 16.3. The van der Waals surface area contributed by atoms with Gasteiger partial charge in [-0.05, 0) is 12.1 Å². The smallest absolute Gasteiger partial charge is 0.158 e. The molecule has 5 nitrogen and oxygen atoms in total. The van der Waals surface area contributed by atoms with Crippen molar-refractivity contribution in [3.05, 3.63) is 49.1 Å². The summed E-state index contributed by atoms with van der Waals surface area (Å²) in [5, 5.41) is 0. The van der Waals surface area contributed by atoms with E-state index in [0.29, 0.717) is 6.54 Å². The number of nitrogens with zero attached hydrogens (tertiary/aromatic N) is 3. The lowest BCUT2D eigenvalue weighted by molar-refractivity contribution is 0.494. The average Bonchev–Trinajstić information content (AvgIpc) is 2.98. The molecular weight excluding hydrogens is 204 g/mol. The van der Waals surface area contributed by atoms with E-state index in [1.54, 1.807) is 25.0 Å². The second-order valence-corrected chi connectivity index (χ2v) is 3.42. The predicted molar refractivity (Wildman–Crippen MR) is 57.6 cm³/mol. The fraction of sp³-hybridized carbons (Fsp3) is 0.0909. The van der Waals surface area contributed by atoms with Gasteiger partial charge in [0.2, 0.25) is 0 Å². The van der Waals surface area contributed by atoms with E-state index in [4.69, 9.17) is 4.42 Å². The minimum absolute atomic E-state index is 0.668. The SMILES string of the molecule is c1coc(Cn2ccnc2-c2cnc[nH]2)c1. The molecule has 0 aliphatic heterocycles. The molecule has 0 fully saturated rings. The van der Waals surface area contributed by atoms with Crippen LogP contribution >= 0.6 is 0 Å². The lowest BCUT2D eigenvalue weighted by Gasteiger charge is -2.03. The summed E-state index contributed by atoms with van der Waals surface area (Å²) in [7, 11) is 0. The average molecular weight is 214 g/mol. The highest BCUT2D eigenvalue weighted by molar-refractivity contribution is 5.47. The number of hydrogen-bond acceptors (Lipinski definition) is 3. The second kappa shape index (κ2) is 3.69. The number of hydrogen-bond donors (Lipinski definition) is 1. The topological polar surface area (TPSA) is 59.6 Å². The molecule has 0 radical (unpaired) electrons. The Kier molecular flexibility index (Phi) is 2.07. The second-order valence-electron chi connectivity index (χ2n) is 3.42. The fourth-order valence-electron chi connectivity index (χ4n) is 1.63. The molecule has 0 atom stereocenters. The molecule has 1 N–H and O–H groups in total. The summed E-state index contributed by atoms with van der Waals surface area (Å²) in [6.07, 6.45) is 8.74. The Hall–Kier alpha value is -2.30. The third kappa shape index (κ3) is 1.52. The van der Waals surface area contributed by atoms with Crippen LogP contribution in [-0.4, -0.2) is 19.5 Å². The van der Waals surface area contributed by atoms with Crippen LogP contribution in [0, 0.1) is 0 Å². The normalized spacial score (nSPS) is 10.8. The third-order valence-corrected chi connectivity index (χ3v) is 2.36. The van der Waals surface area contributed by atoms with Crippen molar-refractivity contribution in [2.45, 2.75) is 6.54 Å². The predicted octanol–water partition coefficient (Wildman–Crippen LogP) is 1.91. The zero-order chi connectivity index (χ0) is 10.8. The monoisotopic (exact) mass is 214 g/mol. The van der Waals surface area contributed by atoms with Gasteiger partial charge in [0.1, 0.15) is 11.5 Å². The third-order valence-electron chi connectivity index (χ3n) is 2.36. The van der Waals surface area contributed by atoms with Gasteiger partial charge < -0.3 is 14.0 Å². The Labute approximate surface area is 91.8 Å². The molecule has 16 heavy (non-hydrogen) atoms. The van der Waals surface area contributed by atoms with E-state index in [-0.39, 0.29) is 0 Å². The van der Waals surface area contributed by atoms with Crippen molar-refractivity contribution in [3.8, 4) is 11.5 Å². The minimum Gasteiger partial charge on any atom is -0.467 e. The summed E-state index contributed by atoms with van der Waals surface area (Å²) >= 11 is 0. The Morgan fingerprint density at radius 1 is 1.44 bits per heavy atom. The largest absolute Gasteiger partial charge is 0.467 e. The first-order valence-electron chi connectivity index (χ1n) is 4.96. The molecule has 3 aromatic heterocycles. The van der Waals surface area contributed by atoms with E-state index < -0.39 is 0 Å². The molecule has 80 valence electrons. The van der Waals surface area contributed by atoms with Gasteiger partial charge in [-0.2, -0.15) is 0 Å². The number of aromatic amines is 1. The van der Waals surface area contributed by atoms with Gasteiger partial charge in [0.15, 0.2) is 5.82 Å². The van der Waals surface area contributed by atoms with Crippen molar-refractivity contribution in [2.24, 2.45) is 0 Å². The first kappa shape index (κ1) is 8.96. The Bertz CT molecular complexity index is 551. The summed E-state index contributed by atoms with van der Waals surface area (Å²) in [5.74, 6) is 1.76. The standard InChI is InChI=1S/C11H10N4O/c1-2-9(16-5-1)7-15-4-3-13-11(15)10-6-12-8-14-10/h1-6,8H,7H2,(H,12,14). The maximum Gasteiger partial charge on any atom is 0.158 e. The molecule has 3 aromatic rings. The van der Waals surface area contributed by atoms with Crippen LogP contribution in [-0.2, 0) is 6.54 Å². The van der Waals surface area contributed by atoms with Crippen LogP contribution in [0.25, 0.3) is 11.5 Å². The van der Waals surface area contributed by atoms with E-state index >= 15 is 0 Å². The van der Waals surface area contributed by atoms with Crippen LogP contribution in [0.1, 0.15) is 5.76 Å². The molecule has 5 heteroatoms. The fourth-order valence-corrected chi connectivity index (χ4v) is 1.63. The van der Waals surface area contributed by atoms with Crippen molar-refractivity contribution >= 4 is 0 Å². The highest BCUT2D eigenvalue weighted by Gasteiger charge is 2.08. The number of rotatable bonds is 3. The molecule has 0 bridgehead atoms. The lowest BCUT2D eigenvalue weighted by Crippen LogP contribution is -2.00. The summed E-state index contributed by atoms with van der Waals surface area (Å²) in [6, 6.07) is 3.82. The summed E-state index contributed by atoms with van der Waals surface area (Å²) in [4.78, 5) is 11.3. The van der Waals surface area contributed by atoms with Gasteiger partial charge in [-0.15, -0.1) is 0 Å². The number of furan rings is 1. The van der Waals surface area contributed by atoms with Crippen molar-refractivity contribution in [1.82, 2.24) is 19.5 Å². The number of H-pyrrole nitrogens is 1. The molecular formula is C11H10N4O. The zero-order valence-corrected chi connectivity index (χ0v) is 8.50. The van der Waals surface area contributed by atoms with Crippen LogP contribution in [0.2, 0.25) is 0 Å². The highest BCUT2D eigenvalue weighted by Crippen LogP contribution is 2.15. The summed E-state index contributed by atoms with van der Waals surface area (Å²) < 4.78 is 7.31. The van der Waals surface area contributed by atoms with Gasteiger partial charge in [-0.3, -0.25) is 0 Å². The van der Waals surface area contributed by atoms with Crippen molar-refractivity contribution < 1.29 is 4.42 Å². The molecule has 0 aliphatic carbocycles. The van der Waals surface area contributed by atoms with Gasteiger partial charge >= 0.3 is 0 Å². The van der Waals surface area contributed by atoms with E-state index in [1.807, 2.05) is 22.9 Å². The zero-order valence-electron chi connectivity index (χ0n) is 8.50. The number of nitrogens with one attached hydrogen (secondary N) is 1. The van der Waals surface area contributed by atoms with Crippen molar-refractivity contribution in [2.75, 3.05) is 0 Å². The quantitative estimate of drug-likeness (QED) is 0.724. The molecule has 0 amide bonds. The number of imidazole rings is 2. The summed E-state index contributed by atoms with van der Waals surface area (Å²) in [5.41, 5.74) is 0.900. The molecule has 0 saturated heterocycles. The molecule has 0 spiro atoms. The van der Waals surface area contributed by atoms with Gasteiger partial charge in [-0.25, -0.2) is 9.97 Å². The van der Waals surface area contributed by atoms with Gasteiger partial charge in [0.25, 0.3) is 0 Å².